The van der Waals surface area contributed by atoms with Crippen LogP contribution in [0.25, 0.3) is 6.08 Å². The Morgan fingerprint density at radius 2 is 2.21 bits per heavy atom. The zero-order chi connectivity index (χ0) is 16.9. The molecule has 1 aliphatic rings. The molecule has 1 atom stereocenters. The molecule has 0 radical (unpaired) electrons. The molecule has 1 N–H and O–H groups in total. The number of thiophene rings is 1. The molecule has 3 rings (SSSR count). The molecule has 1 aromatic heterocycles. The van der Waals surface area contributed by atoms with Crippen LogP contribution < -0.4 is 5.32 Å². The van der Waals surface area contributed by atoms with Crippen LogP contribution in [0.15, 0.2) is 36.4 Å². The van der Waals surface area contributed by atoms with Crippen LogP contribution in [-0.4, -0.2) is 5.91 Å². The normalized spacial score (nSPS) is 16.6. The van der Waals surface area contributed by atoms with Gasteiger partial charge in [-0.05, 0) is 42.4 Å². The van der Waals surface area contributed by atoms with Crippen LogP contribution in [0.4, 0.5) is 5.00 Å². The van der Waals surface area contributed by atoms with Gasteiger partial charge in [-0.15, -0.1) is 11.3 Å². The van der Waals surface area contributed by atoms with Gasteiger partial charge in [-0.2, -0.15) is 5.26 Å². The average molecular weight is 336 g/mol. The molecule has 2 aromatic rings. The molecule has 1 aromatic carbocycles. The Balaban J connectivity index is 1.76. The first kappa shape index (κ1) is 16.5. The van der Waals surface area contributed by atoms with Crippen molar-refractivity contribution in [1.29, 1.82) is 5.26 Å². The maximum atomic E-state index is 12.2. The molecule has 3 nitrogen and oxygen atoms in total. The first-order valence-corrected chi connectivity index (χ1v) is 9.11. The van der Waals surface area contributed by atoms with Gasteiger partial charge in [0.2, 0.25) is 5.91 Å². The highest BCUT2D eigenvalue weighted by atomic mass is 32.1. The van der Waals surface area contributed by atoms with Gasteiger partial charge in [0.15, 0.2) is 0 Å². The van der Waals surface area contributed by atoms with Crippen molar-refractivity contribution in [2.45, 2.75) is 32.6 Å². The van der Waals surface area contributed by atoms with Gasteiger partial charge in [0.1, 0.15) is 11.1 Å². The Labute approximate surface area is 146 Å². The highest BCUT2D eigenvalue weighted by Gasteiger charge is 2.25. The summed E-state index contributed by atoms with van der Waals surface area (Å²) in [7, 11) is 0. The van der Waals surface area contributed by atoms with Crippen molar-refractivity contribution in [1.82, 2.24) is 0 Å². The quantitative estimate of drug-likeness (QED) is 0.816. The molecule has 1 unspecified atom stereocenters. The number of nitriles is 1. The lowest BCUT2D eigenvalue weighted by Crippen LogP contribution is -2.12. The Morgan fingerprint density at radius 1 is 1.42 bits per heavy atom. The maximum absolute atomic E-state index is 12.2. The fourth-order valence-electron chi connectivity index (χ4n) is 3.10. The molecular formula is C20H20N2OS. The lowest BCUT2D eigenvalue weighted by Gasteiger charge is -2.20. The van der Waals surface area contributed by atoms with E-state index in [9.17, 15) is 10.1 Å². The van der Waals surface area contributed by atoms with Crippen LogP contribution in [0, 0.1) is 17.2 Å². The molecule has 0 spiro atoms. The largest absolute Gasteiger partial charge is 0.313 e. The Bertz CT molecular complexity index is 799. The zero-order valence-corrected chi connectivity index (χ0v) is 14.5. The Morgan fingerprint density at radius 3 is 2.92 bits per heavy atom. The Kier molecular flexibility index (Phi) is 5.12. The molecule has 0 saturated heterocycles. The number of fused-ring (bicyclic) bond motifs is 1. The van der Waals surface area contributed by atoms with Gasteiger partial charge in [-0.25, -0.2) is 0 Å². The zero-order valence-electron chi connectivity index (χ0n) is 13.7. The standard InChI is InChI=1S/C20H20N2OS/c1-2-14-8-10-16-17(13-21)20(24-18(16)12-14)22-19(23)11-9-15-6-4-3-5-7-15/h3-7,9,11,14H,2,8,10,12H2,1H3,(H,22,23)/b11-9-. The number of amides is 1. The Hall–Kier alpha value is -2.38. The van der Waals surface area contributed by atoms with Gasteiger partial charge in [0, 0.05) is 11.0 Å². The smallest absolute Gasteiger partial charge is 0.249 e. The SMILES string of the molecule is CCC1CCc2c(sc(NC(=O)/C=C\c3ccccc3)c2C#N)C1. The van der Waals surface area contributed by atoms with Gasteiger partial charge in [0.05, 0.1) is 5.56 Å². The number of hydrogen-bond acceptors (Lipinski definition) is 3. The number of anilines is 1. The van der Waals surface area contributed by atoms with Crippen LogP contribution in [0.2, 0.25) is 0 Å². The molecule has 0 saturated carbocycles. The second-order valence-corrected chi connectivity index (χ2v) is 7.18. The summed E-state index contributed by atoms with van der Waals surface area (Å²) in [5, 5.41) is 13.1. The van der Waals surface area contributed by atoms with E-state index in [2.05, 4.69) is 18.3 Å². The van der Waals surface area contributed by atoms with Crippen molar-refractivity contribution >= 4 is 28.3 Å². The number of hydrogen-bond donors (Lipinski definition) is 1. The predicted octanol–water partition coefficient (Wildman–Crippen LogP) is 4.79. The summed E-state index contributed by atoms with van der Waals surface area (Å²) in [5.41, 5.74) is 2.78. The van der Waals surface area contributed by atoms with Crippen LogP contribution in [0.1, 0.15) is 41.3 Å². The first-order valence-electron chi connectivity index (χ1n) is 8.30. The highest BCUT2D eigenvalue weighted by molar-refractivity contribution is 7.16. The number of carbonyl (C=O) groups is 1. The van der Waals surface area contributed by atoms with Crippen molar-refractivity contribution in [2.75, 3.05) is 5.32 Å². The second-order valence-electron chi connectivity index (χ2n) is 6.07. The molecule has 4 heteroatoms. The molecule has 1 aliphatic carbocycles. The monoisotopic (exact) mass is 336 g/mol. The van der Waals surface area contributed by atoms with Gasteiger partial charge in [-0.1, -0.05) is 43.7 Å². The molecule has 0 bridgehead atoms. The third-order valence-electron chi connectivity index (χ3n) is 4.52. The van der Waals surface area contributed by atoms with Crippen molar-refractivity contribution in [3.05, 3.63) is 58.0 Å². The van der Waals surface area contributed by atoms with Crippen LogP contribution >= 0.6 is 11.3 Å². The van der Waals surface area contributed by atoms with Crippen LogP contribution in [-0.2, 0) is 17.6 Å². The summed E-state index contributed by atoms with van der Waals surface area (Å²) >= 11 is 1.57. The minimum atomic E-state index is -0.194. The van der Waals surface area contributed by atoms with E-state index in [0.717, 1.165) is 30.4 Å². The molecule has 0 fully saturated rings. The fourth-order valence-corrected chi connectivity index (χ4v) is 4.41. The summed E-state index contributed by atoms with van der Waals surface area (Å²) < 4.78 is 0. The molecule has 122 valence electrons. The lowest BCUT2D eigenvalue weighted by molar-refractivity contribution is -0.111. The number of carbonyl (C=O) groups excluding carboxylic acids is 1. The molecule has 0 aliphatic heterocycles. The summed E-state index contributed by atoms with van der Waals surface area (Å²) in [5.74, 6) is 0.505. The van der Waals surface area contributed by atoms with Gasteiger partial charge < -0.3 is 5.32 Å². The third-order valence-corrected chi connectivity index (χ3v) is 5.69. The van der Waals surface area contributed by atoms with Crippen molar-refractivity contribution in [3.63, 3.8) is 0 Å². The van der Waals surface area contributed by atoms with E-state index in [0.29, 0.717) is 16.5 Å². The topological polar surface area (TPSA) is 52.9 Å². The second kappa shape index (κ2) is 7.46. The van der Waals surface area contributed by atoms with E-state index in [1.54, 1.807) is 17.4 Å². The van der Waals surface area contributed by atoms with Crippen molar-refractivity contribution in [3.8, 4) is 6.07 Å². The number of nitrogens with zero attached hydrogens (tertiary/aromatic N) is 1. The van der Waals surface area contributed by atoms with Gasteiger partial charge in [-0.3, -0.25) is 4.79 Å². The minimum Gasteiger partial charge on any atom is -0.313 e. The maximum Gasteiger partial charge on any atom is 0.249 e. The minimum absolute atomic E-state index is 0.194. The molecule has 1 heterocycles. The van der Waals surface area contributed by atoms with E-state index in [1.165, 1.54) is 17.4 Å². The van der Waals surface area contributed by atoms with E-state index in [1.807, 2.05) is 30.3 Å². The number of nitrogens with one attached hydrogen (secondary N) is 1. The van der Waals surface area contributed by atoms with E-state index in [-0.39, 0.29) is 5.91 Å². The van der Waals surface area contributed by atoms with Crippen molar-refractivity contribution < 1.29 is 4.79 Å². The van der Waals surface area contributed by atoms with E-state index in [4.69, 9.17) is 0 Å². The van der Waals surface area contributed by atoms with Gasteiger partial charge in [0.25, 0.3) is 0 Å². The summed E-state index contributed by atoms with van der Waals surface area (Å²) in [6.07, 6.45) is 7.58. The summed E-state index contributed by atoms with van der Waals surface area (Å²) in [6, 6.07) is 12.0. The lowest BCUT2D eigenvalue weighted by atomic mass is 9.86. The molecule has 1 amide bonds. The average Bonchev–Trinajstić information content (AvgIpc) is 2.96. The van der Waals surface area contributed by atoms with Gasteiger partial charge >= 0.3 is 0 Å². The highest BCUT2D eigenvalue weighted by Crippen LogP contribution is 2.39. The number of benzene rings is 1. The van der Waals surface area contributed by atoms with E-state index >= 15 is 0 Å². The van der Waals surface area contributed by atoms with Crippen LogP contribution in [0.5, 0.6) is 0 Å². The summed E-state index contributed by atoms with van der Waals surface area (Å²) in [4.78, 5) is 13.5. The number of rotatable bonds is 4. The fraction of sp³-hybridized carbons (Fsp3) is 0.300. The summed E-state index contributed by atoms with van der Waals surface area (Å²) in [6.45, 7) is 2.21. The first-order chi connectivity index (χ1) is 11.7. The molecule has 24 heavy (non-hydrogen) atoms. The third kappa shape index (κ3) is 3.58. The van der Waals surface area contributed by atoms with E-state index < -0.39 is 0 Å². The predicted molar refractivity (Wildman–Crippen MR) is 98.9 cm³/mol. The van der Waals surface area contributed by atoms with Crippen LogP contribution in [0.3, 0.4) is 0 Å². The van der Waals surface area contributed by atoms with Crippen molar-refractivity contribution in [2.24, 2.45) is 5.92 Å². The molecular weight excluding hydrogens is 316 g/mol.